The molecule has 1 fully saturated rings. The summed E-state index contributed by atoms with van der Waals surface area (Å²) in [5.41, 5.74) is 1.60. The van der Waals surface area contributed by atoms with Gasteiger partial charge in [0.25, 0.3) is 0 Å². The summed E-state index contributed by atoms with van der Waals surface area (Å²) in [5.74, 6) is 0.823. The lowest BCUT2D eigenvalue weighted by atomic mass is 10.2. The van der Waals surface area contributed by atoms with E-state index in [9.17, 15) is 4.79 Å². The van der Waals surface area contributed by atoms with Gasteiger partial charge in [-0.25, -0.2) is 18.9 Å². The van der Waals surface area contributed by atoms with E-state index in [0.717, 1.165) is 37.3 Å². The van der Waals surface area contributed by atoms with E-state index in [1.165, 1.54) is 17.5 Å². The topological polar surface area (TPSA) is 55.4 Å². The maximum absolute atomic E-state index is 12.7. The highest BCUT2D eigenvalue weighted by molar-refractivity contribution is 5.63. The van der Waals surface area contributed by atoms with Crippen LogP contribution in [0.25, 0.3) is 5.65 Å². The van der Waals surface area contributed by atoms with Crippen LogP contribution < -0.4 is 10.6 Å². The van der Waals surface area contributed by atoms with Crippen LogP contribution in [0, 0.1) is 0 Å². The number of nitrogens with zero attached hydrogens (tertiary/aromatic N) is 5. The van der Waals surface area contributed by atoms with Crippen LogP contribution in [0.1, 0.15) is 31.2 Å². The van der Waals surface area contributed by atoms with Crippen molar-refractivity contribution < 1.29 is 0 Å². The van der Waals surface area contributed by atoms with E-state index >= 15 is 0 Å². The molecule has 0 bridgehead atoms. The van der Waals surface area contributed by atoms with Crippen molar-refractivity contribution in [2.45, 2.75) is 32.2 Å². The van der Waals surface area contributed by atoms with Crippen molar-refractivity contribution in [3.05, 3.63) is 58.8 Å². The first-order valence-corrected chi connectivity index (χ1v) is 8.56. The van der Waals surface area contributed by atoms with Crippen molar-refractivity contribution in [2.24, 2.45) is 0 Å². The summed E-state index contributed by atoms with van der Waals surface area (Å²) in [4.78, 5) is 19.4. The van der Waals surface area contributed by atoms with Crippen LogP contribution in [0.5, 0.6) is 0 Å². The molecular formula is C18H21N5O. The van der Waals surface area contributed by atoms with Gasteiger partial charge in [0.2, 0.25) is 5.65 Å². The van der Waals surface area contributed by atoms with Gasteiger partial charge in [0.1, 0.15) is 0 Å². The van der Waals surface area contributed by atoms with Crippen LogP contribution >= 0.6 is 0 Å². The number of benzene rings is 1. The molecule has 3 aromatic rings. The van der Waals surface area contributed by atoms with Gasteiger partial charge in [-0.1, -0.05) is 43.2 Å². The molecule has 0 N–H and O–H groups in total. The van der Waals surface area contributed by atoms with Gasteiger partial charge in [-0.05, 0) is 18.4 Å². The van der Waals surface area contributed by atoms with E-state index in [-0.39, 0.29) is 5.69 Å². The molecule has 0 aliphatic carbocycles. The molecule has 0 radical (unpaired) electrons. The molecule has 4 rings (SSSR count). The molecule has 6 nitrogen and oxygen atoms in total. The quantitative estimate of drug-likeness (QED) is 0.742. The van der Waals surface area contributed by atoms with Gasteiger partial charge >= 0.3 is 5.69 Å². The lowest BCUT2D eigenvalue weighted by Crippen LogP contribution is -2.26. The first kappa shape index (κ1) is 14.9. The Morgan fingerprint density at radius 3 is 2.50 bits per heavy atom. The lowest BCUT2D eigenvalue weighted by molar-refractivity contribution is 0.658. The van der Waals surface area contributed by atoms with Gasteiger partial charge in [-0.2, -0.15) is 0 Å². The fourth-order valence-corrected chi connectivity index (χ4v) is 3.30. The number of anilines is 1. The zero-order valence-electron chi connectivity index (χ0n) is 13.6. The van der Waals surface area contributed by atoms with E-state index in [4.69, 9.17) is 0 Å². The Balaban J connectivity index is 1.74. The summed E-state index contributed by atoms with van der Waals surface area (Å²) in [7, 11) is 0. The van der Waals surface area contributed by atoms with E-state index in [1.54, 1.807) is 16.8 Å². The minimum absolute atomic E-state index is 0.118. The van der Waals surface area contributed by atoms with Crippen LogP contribution in [0.3, 0.4) is 0 Å². The molecule has 0 unspecified atom stereocenters. The van der Waals surface area contributed by atoms with E-state index in [0.29, 0.717) is 12.2 Å². The molecule has 24 heavy (non-hydrogen) atoms. The molecule has 1 aromatic carbocycles. The molecule has 1 saturated heterocycles. The number of rotatable bonds is 3. The van der Waals surface area contributed by atoms with Crippen LogP contribution in [-0.2, 0) is 6.54 Å². The Labute approximate surface area is 140 Å². The second-order valence-electron chi connectivity index (χ2n) is 6.27. The SMILES string of the molecule is O=c1n(Cc2ccccc2)nc2c(N3CCCCCC3)nccn12. The highest BCUT2D eigenvalue weighted by Crippen LogP contribution is 2.20. The van der Waals surface area contributed by atoms with Gasteiger partial charge in [0, 0.05) is 25.5 Å². The zero-order chi connectivity index (χ0) is 16.4. The third-order valence-corrected chi connectivity index (χ3v) is 4.56. The third kappa shape index (κ3) is 2.79. The Kier molecular flexibility index (Phi) is 4.02. The number of hydrogen-bond acceptors (Lipinski definition) is 4. The van der Waals surface area contributed by atoms with Gasteiger partial charge in [-0.3, -0.25) is 0 Å². The number of hydrogen-bond donors (Lipinski definition) is 0. The molecule has 1 aliphatic heterocycles. The Hall–Kier alpha value is -2.63. The van der Waals surface area contributed by atoms with Crippen LogP contribution in [0.2, 0.25) is 0 Å². The van der Waals surface area contributed by atoms with Gasteiger partial charge in [-0.15, -0.1) is 5.10 Å². The van der Waals surface area contributed by atoms with Crippen molar-refractivity contribution in [3.63, 3.8) is 0 Å². The molecule has 124 valence electrons. The van der Waals surface area contributed by atoms with Crippen molar-refractivity contribution in [1.29, 1.82) is 0 Å². The monoisotopic (exact) mass is 323 g/mol. The zero-order valence-corrected chi connectivity index (χ0v) is 13.6. The minimum Gasteiger partial charge on any atom is -0.353 e. The average Bonchev–Trinajstić information content (AvgIpc) is 2.81. The first-order valence-electron chi connectivity index (χ1n) is 8.56. The fraction of sp³-hybridized carbons (Fsp3) is 0.389. The Morgan fingerprint density at radius 2 is 1.75 bits per heavy atom. The summed E-state index contributed by atoms with van der Waals surface area (Å²) in [6.45, 7) is 2.43. The molecule has 0 spiro atoms. The van der Waals surface area contributed by atoms with Crippen molar-refractivity contribution >= 4 is 11.5 Å². The van der Waals surface area contributed by atoms with Gasteiger partial charge < -0.3 is 4.90 Å². The van der Waals surface area contributed by atoms with Crippen molar-refractivity contribution in [2.75, 3.05) is 18.0 Å². The smallest absolute Gasteiger partial charge is 0.350 e. The molecule has 2 aromatic heterocycles. The normalized spacial score (nSPS) is 15.6. The maximum atomic E-state index is 12.7. The number of fused-ring (bicyclic) bond motifs is 1. The molecule has 3 heterocycles. The second-order valence-corrected chi connectivity index (χ2v) is 6.27. The largest absolute Gasteiger partial charge is 0.353 e. The highest BCUT2D eigenvalue weighted by Gasteiger charge is 2.18. The Bertz CT molecular complexity index is 875. The predicted molar refractivity (Wildman–Crippen MR) is 93.5 cm³/mol. The first-order chi connectivity index (χ1) is 11.8. The summed E-state index contributed by atoms with van der Waals surface area (Å²) in [6, 6.07) is 9.92. The van der Waals surface area contributed by atoms with Gasteiger partial charge in [0.05, 0.1) is 6.54 Å². The van der Waals surface area contributed by atoms with E-state index < -0.39 is 0 Å². The molecule has 0 saturated carbocycles. The molecule has 6 heteroatoms. The standard InChI is InChI=1S/C18H21N5O/c24-18-22-13-10-19-16(21-11-6-1-2-7-12-21)17(22)20-23(18)14-15-8-4-3-5-9-15/h3-5,8-10,13H,1-2,6-7,11-12,14H2. The Morgan fingerprint density at radius 1 is 1.00 bits per heavy atom. The van der Waals surface area contributed by atoms with Crippen molar-refractivity contribution in [3.8, 4) is 0 Å². The fourth-order valence-electron chi connectivity index (χ4n) is 3.30. The molecule has 0 amide bonds. The van der Waals surface area contributed by atoms with E-state index in [1.807, 2.05) is 30.3 Å². The number of aromatic nitrogens is 4. The lowest BCUT2D eigenvalue weighted by Gasteiger charge is -2.21. The van der Waals surface area contributed by atoms with Crippen LogP contribution in [-0.4, -0.2) is 32.3 Å². The summed E-state index contributed by atoms with van der Waals surface area (Å²) in [6.07, 6.45) is 8.25. The second kappa shape index (κ2) is 6.47. The summed E-state index contributed by atoms with van der Waals surface area (Å²) < 4.78 is 3.13. The highest BCUT2D eigenvalue weighted by atomic mass is 16.2. The molecule has 1 aliphatic rings. The minimum atomic E-state index is -0.118. The van der Waals surface area contributed by atoms with E-state index in [2.05, 4.69) is 15.0 Å². The third-order valence-electron chi connectivity index (χ3n) is 4.56. The van der Waals surface area contributed by atoms with Crippen LogP contribution in [0.15, 0.2) is 47.5 Å². The molecule has 0 atom stereocenters. The summed E-state index contributed by atoms with van der Waals surface area (Å²) >= 11 is 0. The summed E-state index contributed by atoms with van der Waals surface area (Å²) in [5, 5.41) is 4.58. The molecular weight excluding hydrogens is 302 g/mol. The van der Waals surface area contributed by atoms with Crippen LogP contribution in [0.4, 0.5) is 5.82 Å². The van der Waals surface area contributed by atoms with Gasteiger partial charge in [0.15, 0.2) is 5.82 Å². The van der Waals surface area contributed by atoms with Crippen molar-refractivity contribution in [1.82, 2.24) is 19.2 Å². The predicted octanol–water partition coefficient (Wildman–Crippen LogP) is 2.32. The average molecular weight is 323 g/mol. The maximum Gasteiger partial charge on any atom is 0.350 e.